The minimum Gasteiger partial charge on any atom is -0.465 e. The molecule has 0 aliphatic rings. The molecule has 1 heterocycles. The third-order valence-corrected chi connectivity index (χ3v) is 5.74. The van der Waals surface area contributed by atoms with Gasteiger partial charge in [0.05, 0.1) is 30.1 Å². The second-order valence-corrected chi connectivity index (χ2v) is 8.33. The Kier molecular flexibility index (Phi) is 5.43. The van der Waals surface area contributed by atoms with Crippen molar-refractivity contribution in [1.29, 1.82) is 0 Å². The van der Waals surface area contributed by atoms with Gasteiger partial charge in [-0.05, 0) is 37.3 Å². The van der Waals surface area contributed by atoms with Crippen LogP contribution < -0.4 is 4.31 Å². The van der Waals surface area contributed by atoms with E-state index in [0.29, 0.717) is 10.9 Å². The van der Waals surface area contributed by atoms with Gasteiger partial charge < -0.3 is 4.74 Å². The molecule has 0 fully saturated rings. The summed E-state index contributed by atoms with van der Waals surface area (Å²) in [4.78, 5) is 25.3. The van der Waals surface area contributed by atoms with Gasteiger partial charge in [-0.15, -0.1) is 0 Å². The highest BCUT2D eigenvalue weighted by molar-refractivity contribution is 7.92. The number of esters is 1. The molecule has 7 nitrogen and oxygen atoms in total. The Morgan fingerprint density at radius 1 is 1.10 bits per heavy atom. The second-order valence-electron chi connectivity index (χ2n) is 6.47. The van der Waals surface area contributed by atoms with Crippen LogP contribution in [0.3, 0.4) is 0 Å². The van der Waals surface area contributed by atoms with Crippen molar-refractivity contribution in [1.82, 2.24) is 4.57 Å². The van der Waals surface area contributed by atoms with E-state index in [0.717, 1.165) is 22.7 Å². The number of anilines is 1. The molecular formula is C20H19FN2O5S. The average molecular weight is 418 g/mol. The van der Waals surface area contributed by atoms with Crippen LogP contribution in [0, 0.1) is 5.82 Å². The number of sulfonamides is 1. The number of ether oxygens (including phenoxy) is 1. The summed E-state index contributed by atoms with van der Waals surface area (Å²) in [6.45, 7) is 1.43. The van der Waals surface area contributed by atoms with Gasteiger partial charge >= 0.3 is 5.97 Å². The number of methoxy groups -OCH3 is 1. The molecule has 0 aliphatic heterocycles. The number of hydrogen-bond acceptors (Lipinski definition) is 5. The van der Waals surface area contributed by atoms with Crippen molar-refractivity contribution >= 4 is 38.5 Å². The Balaban J connectivity index is 2.11. The van der Waals surface area contributed by atoms with Gasteiger partial charge in [-0.1, -0.05) is 18.2 Å². The largest absolute Gasteiger partial charge is 0.465 e. The molecule has 3 rings (SSSR count). The number of hydrogen-bond donors (Lipinski definition) is 0. The molecular weight excluding hydrogens is 399 g/mol. The van der Waals surface area contributed by atoms with Gasteiger partial charge in [0.1, 0.15) is 11.9 Å². The molecule has 0 radical (unpaired) electrons. The monoisotopic (exact) mass is 418 g/mol. The van der Waals surface area contributed by atoms with Crippen molar-refractivity contribution in [3.05, 3.63) is 66.1 Å². The summed E-state index contributed by atoms with van der Waals surface area (Å²) < 4.78 is 45.0. The lowest BCUT2D eigenvalue weighted by atomic mass is 10.2. The summed E-state index contributed by atoms with van der Waals surface area (Å²) in [7, 11) is -2.63. The maximum absolute atomic E-state index is 13.3. The number of carbonyl (C=O) groups is 2. The van der Waals surface area contributed by atoms with Crippen LogP contribution in [0.15, 0.2) is 54.7 Å². The summed E-state index contributed by atoms with van der Waals surface area (Å²) in [5.74, 6) is -1.72. The van der Waals surface area contributed by atoms with Crippen LogP contribution in [0.1, 0.15) is 22.1 Å². The smallest absolute Gasteiger partial charge is 0.340 e. The number of aromatic nitrogens is 1. The third kappa shape index (κ3) is 3.86. The van der Waals surface area contributed by atoms with Crippen molar-refractivity contribution in [2.45, 2.75) is 13.0 Å². The van der Waals surface area contributed by atoms with E-state index in [2.05, 4.69) is 0 Å². The molecule has 1 atom stereocenters. The van der Waals surface area contributed by atoms with E-state index in [1.54, 1.807) is 24.3 Å². The molecule has 0 amide bonds. The lowest BCUT2D eigenvalue weighted by Crippen LogP contribution is -2.44. The maximum atomic E-state index is 13.3. The number of nitrogens with zero attached hydrogens (tertiary/aromatic N) is 2. The first-order chi connectivity index (χ1) is 13.6. The van der Waals surface area contributed by atoms with Gasteiger partial charge in [0, 0.05) is 11.6 Å². The van der Waals surface area contributed by atoms with Crippen LogP contribution in [0.4, 0.5) is 10.1 Å². The Labute approximate surface area is 167 Å². The van der Waals surface area contributed by atoms with E-state index in [-0.39, 0.29) is 11.3 Å². The van der Waals surface area contributed by atoms with Crippen molar-refractivity contribution < 1.29 is 27.1 Å². The highest BCUT2D eigenvalue weighted by atomic mass is 32.2. The van der Waals surface area contributed by atoms with E-state index in [9.17, 15) is 22.4 Å². The molecule has 9 heteroatoms. The fourth-order valence-corrected chi connectivity index (χ4v) is 4.40. The summed E-state index contributed by atoms with van der Waals surface area (Å²) >= 11 is 0. The second kappa shape index (κ2) is 7.67. The van der Waals surface area contributed by atoms with Crippen LogP contribution in [-0.2, 0) is 14.8 Å². The van der Waals surface area contributed by atoms with Gasteiger partial charge in [0.25, 0.3) is 5.91 Å². The molecule has 0 N–H and O–H groups in total. The van der Waals surface area contributed by atoms with Crippen molar-refractivity contribution in [2.75, 3.05) is 17.7 Å². The predicted octanol–water partition coefficient (Wildman–Crippen LogP) is 3.06. The maximum Gasteiger partial charge on any atom is 0.340 e. The van der Waals surface area contributed by atoms with Crippen LogP contribution in [0.25, 0.3) is 10.9 Å². The standard InChI is InChI=1S/C20H19FN2O5S/c1-13(23(29(3,26)27)15-10-8-14(21)9-11-15)19(24)22-12-17(20(25)28-2)16-6-4-5-7-18(16)22/h4-13H,1-3H3. The molecule has 2 aromatic carbocycles. The topological polar surface area (TPSA) is 85.7 Å². The van der Waals surface area contributed by atoms with Gasteiger partial charge in [-0.25, -0.2) is 17.6 Å². The molecule has 0 saturated heterocycles. The summed E-state index contributed by atoms with van der Waals surface area (Å²) in [6.07, 6.45) is 2.30. The SMILES string of the molecule is COC(=O)c1cn(C(=O)C(C)N(c2ccc(F)cc2)S(C)(=O)=O)c2ccccc12. The first kappa shape index (κ1) is 20.5. The number of halogens is 1. The number of para-hydroxylation sites is 1. The first-order valence-corrected chi connectivity index (χ1v) is 10.5. The van der Waals surface area contributed by atoms with Crippen LogP contribution in [-0.4, -0.2) is 44.3 Å². The fourth-order valence-electron chi connectivity index (χ4n) is 3.23. The molecule has 0 bridgehead atoms. The molecule has 1 unspecified atom stereocenters. The molecule has 0 saturated carbocycles. The Hall–Kier alpha value is -3.20. The van der Waals surface area contributed by atoms with Crippen LogP contribution >= 0.6 is 0 Å². The lowest BCUT2D eigenvalue weighted by molar-refractivity contribution is 0.0603. The minimum absolute atomic E-state index is 0.152. The van der Waals surface area contributed by atoms with E-state index in [1.165, 1.54) is 36.9 Å². The molecule has 152 valence electrons. The Bertz CT molecular complexity index is 1190. The summed E-state index contributed by atoms with van der Waals surface area (Å²) in [6, 6.07) is 10.4. The summed E-state index contributed by atoms with van der Waals surface area (Å²) in [5.41, 5.74) is 0.785. The fraction of sp³-hybridized carbons (Fsp3) is 0.200. The van der Waals surface area contributed by atoms with Crippen LogP contribution in [0.5, 0.6) is 0 Å². The highest BCUT2D eigenvalue weighted by Gasteiger charge is 2.31. The number of carbonyl (C=O) groups excluding carboxylic acids is 2. The number of rotatable bonds is 5. The van der Waals surface area contributed by atoms with Gasteiger partial charge in [0.15, 0.2) is 0 Å². The van der Waals surface area contributed by atoms with Crippen LogP contribution in [0.2, 0.25) is 0 Å². The zero-order valence-electron chi connectivity index (χ0n) is 16.0. The van der Waals surface area contributed by atoms with E-state index in [4.69, 9.17) is 4.74 Å². The Morgan fingerprint density at radius 3 is 2.31 bits per heavy atom. The van der Waals surface area contributed by atoms with Gasteiger partial charge in [0.2, 0.25) is 10.0 Å². The quantitative estimate of drug-likeness (QED) is 0.595. The molecule has 0 aliphatic carbocycles. The molecule has 0 spiro atoms. The predicted molar refractivity (Wildman–Crippen MR) is 107 cm³/mol. The lowest BCUT2D eigenvalue weighted by Gasteiger charge is -2.28. The zero-order valence-corrected chi connectivity index (χ0v) is 16.8. The average Bonchev–Trinajstić information content (AvgIpc) is 3.07. The van der Waals surface area contributed by atoms with E-state index < -0.39 is 33.8 Å². The van der Waals surface area contributed by atoms with Crippen molar-refractivity contribution in [2.24, 2.45) is 0 Å². The van der Waals surface area contributed by atoms with Gasteiger partial charge in [-0.3, -0.25) is 13.7 Å². The number of fused-ring (bicyclic) bond motifs is 1. The normalized spacial score (nSPS) is 12.6. The zero-order chi connectivity index (χ0) is 21.3. The van der Waals surface area contributed by atoms with E-state index >= 15 is 0 Å². The minimum atomic E-state index is -3.87. The molecule has 3 aromatic rings. The van der Waals surface area contributed by atoms with E-state index in [1.807, 2.05) is 0 Å². The van der Waals surface area contributed by atoms with Crippen molar-refractivity contribution in [3.8, 4) is 0 Å². The number of benzene rings is 2. The third-order valence-electron chi connectivity index (χ3n) is 4.50. The molecule has 29 heavy (non-hydrogen) atoms. The Morgan fingerprint density at radius 2 is 1.72 bits per heavy atom. The van der Waals surface area contributed by atoms with Gasteiger partial charge in [-0.2, -0.15) is 0 Å². The summed E-state index contributed by atoms with van der Waals surface area (Å²) in [5, 5.41) is 0.507. The first-order valence-electron chi connectivity index (χ1n) is 8.62. The molecule has 1 aromatic heterocycles. The van der Waals surface area contributed by atoms with Crippen molar-refractivity contribution in [3.63, 3.8) is 0 Å². The highest BCUT2D eigenvalue weighted by Crippen LogP contribution is 2.26.